The molecule has 76 valence electrons. The van der Waals surface area contributed by atoms with Crippen LogP contribution in [-0.4, -0.2) is 5.78 Å². The van der Waals surface area contributed by atoms with Crippen molar-refractivity contribution >= 4 is 21.7 Å². The van der Waals surface area contributed by atoms with E-state index in [1.165, 1.54) is 0 Å². The van der Waals surface area contributed by atoms with Gasteiger partial charge in [0.1, 0.15) is 5.78 Å². The predicted octanol–water partition coefficient (Wildman–Crippen LogP) is 2.94. The summed E-state index contributed by atoms with van der Waals surface area (Å²) in [5.41, 5.74) is 1.26. The fourth-order valence-electron chi connectivity index (χ4n) is 1.90. The lowest BCUT2D eigenvalue weighted by Crippen LogP contribution is -2.17. The fourth-order valence-corrected chi connectivity index (χ4v) is 2.52. The van der Waals surface area contributed by atoms with Gasteiger partial charge in [-0.2, -0.15) is 5.26 Å². The molecule has 1 aliphatic carbocycles. The first-order chi connectivity index (χ1) is 7.10. The minimum absolute atomic E-state index is 0.193. The zero-order chi connectivity index (χ0) is 11.1. The largest absolute Gasteiger partial charge is 0.299 e. The molecular formula is C12H10BrNO. The van der Waals surface area contributed by atoms with E-state index in [1.54, 1.807) is 13.0 Å². The molecule has 1 aliphatic rings. The maximum Gasteiger partial charge on any atom is 0.140 e. The van der Waals surface area contributed by atoms with Gasteiger partial charge in [-0.15, -0.1) is 0 Å². The van der Waals surface area contributed by atoms with Crippen LogP contribution in [-0.2, 0) is 10.2 Å². The minimum Gasteiger partial charge on any atom is -0.299 e. The number of ketones is 1. The maximum atomic E-state index is 11.6. The van der Waals surface area contributed by atoms with E-state index in [-0.39, 0.29) is 11.2 Å². The molecule has 0 atom stereocenters. The Morgan fingerprint density at radius 1 is 1.53 bits per heavy atom. The van der Waals surface area contributed by atoms with Crippen LogP contribution in [0.1, 0.15) is 30.9 Å². The van der Waals surface area contributed by atoms with Crippen molar-refractivity contribution in [3.63, 3.8) is 0 Å². The minimum atomic E-state index is -0.314. The summed E-state index contributed by atoms with van der Waals surface area (Å²) in [6, 6.07) is 7.52. The Labute approximate surface area is 97.0 Å². The number of nitriles is 1. The Bertz CT molecular complexity index is 469. The number of hydrogen-bond acceptors (Lipinski definition) is 2. The van der Waals surface area contributed by atoms with E-state index < -0.39 is 0 Å². The van der Waals surface area contributed by atoms with Gasteiger partial charge in [-0.25, -0.2) is 0 Å². The first-order valence-corrected chi connectivity index (χ1v) is 5.60. The van der Waals surface area contributed by atoms with Crippen LogP contribution in [0.15, 0.2) is 22.7 Å². The van der Waals surface area contributed by atoms with Crippen LogP contribution in [0.2, 0.25) is 0 Å². The summed E-state index contributed by atoms with van der Waals surface area (Å²) >= 11 is 3.44. The highest BCUT2D eigenvalue weighted by molar-refractivity contribution is 9.10. The predicted molar refractivity (Wildman–Crippen MR) is 60.5 cm³/mol. The Morgan fingerprint density at radius 3 is 2.67 bits per heavy atom. The second kappa shape index (κ2) is 3.46. The number of rotatable bonds is 2. The summed E-state index contributed by atoms with van der Waals surface area (Å²) in [5.74, 6) is 0.193. The standard InChI is InChI=1S/C12H10BrNO/c1-8(15)12(4-5-12)10-6-9(7-14)2-3-11(10)13/h2-3,6H,4-5H2,1H3. The van der Waals surface area contributed by atoms with Crippen LogP contribution in [0.25, 0.3) is 0 Å². The highest BCUT2D eigenvalue weighted by atomic mass is 79.9. The summed E-state index contributed by atoms with van der Waals surface area (Å²) in [6.07, 6.45) is 1.80. The topological polar surface area (TPSA) is 40.9 Å². The Morgan fingerprint density at radius 2 is 2.20 bits per heavy atom. The molecule has 0 saturated heterocycles. The van der Waals surface area contributed by atoms with Gasteiger partial charge < -0.3 is 0 Å². The molecular weight excluding hydrogens is 254 g/mol. The molecule has 1 aromatic rings. The second-order valence-electron chi connectivity index (χ2n) is 3.94. The molecule has 1 fully saturated rings. The van der Waals surface area contributed by atoms with Crippen LogP contribution in [0.4, 0.5) is 0 Å². The number of halogens is 1. The lowest BCUT2D eigenvalue weighted by molar-refractivity contribution is -0.119. The third kappa shape index (κ3) is 1.59. The lowest BCUT2D eigenvalue weighted by Gasteiger charge is -2.13. The molecule has 0 bridgehead atoms. The average molecular weight is 264 g/mol. The molecule has 1 aromatic carbocycles. The van der Waals surface area contributed by atoms with Crippen molar-refractivity contribution in [3.05, 3.63) is 33.8 Å². The van der Waals surface area contributed by atoms with Gasteiger partial charge in [-0.3, -0.25) is 4.79 Å². The Balaban J connectivity index is 2.53. The van der Waals surface area contributed by atoms with Gasteiger partial charge in [0.05, 0.1) is 17.0 Å². The summed E-state index contributed by atoms with van der Waals surface area (Å²) in [7, 11) is 0. The van der Waals surface area contributed by atoms with Gasteiger partial charge in [0.15, 0.2) is 0 Å². The molecule has 0 aliphatic heterocycles. The van der Waals surface area contributed by atoms with Crippen molar-refractivity contribution in [3.8, 4) is 6.07 Å². The van der Waals surface area contributed by atoms with Gasteiger partial charge in [0.25, 0.3) is 0 Å². The van der Waals surface area contributed by atoms with E-state index in [1.807, 2.05) is 12.1 Å². The number of carbonyl (C=O) groups is 1. The molecule has 0 radical (unpaired) electrons. The van der Waals surface area contributed by atoms with Gasteiger partial charge in [-0.1, -0.05) is 15.9 Å². The highest BCUT2D eigenvalue weighted by Gasteiger charge is 2.49. The van der Waals surface area contributed by atoms with Gasteiger partial charge in [-0.05, 0) is 43.5 Å². The van der Waals surface area contributed by atoms with E-state index in [4.69, 9.17) is 5.26 Å². The van der Waals surface area contributed by atoms with Crippen molar-refractivity contribution in [2.24, 2.45) is 0 Å². The Kier molecular flexibility index (Phi) is 2.40. The summed E-state index contributed by atoms with van der Waals surface area (Å²) < 4.78 is 0.925. The van der Waals surface area contributed by atoms with E-state index in [0.29, 0.717) is 5.56 Å². The van der Waals surface area contributed by atoms with Crippen LogP contribution >= 0.6 is 15.9 Å². The third-order valence-corrected chi connectivity index (χ3v) is 3.73. The second-order valence-corrected chi connectivity index (χ2v) is 4.80. The van der Waals surface area contributed by atoms with E-state index in [2.05, 4.69) is 22.0 Å². The summed E-state index contributed by atoms with van der Waals surface area (Å²) in [5, 5.41) is 8.83. The van der Waals surface area contributed by atoms with E-state index >= 15 is 0 Å². The average Bonchev–Trinajstić information content (AvgIpc) is 2.99. The van der Waals surface area contributed by atoms with Crippen molar-refractivity contribution in [2.75, 3.05) is 0 Å². The summed E-state index contributed by atoms with van der Waals surface area (Å²) in [6.45, 7) is 1.62. The van der Waals surface area contributed by atoms with Crippen molar-refractivity contribution < 1.29 is 4.79 Å². The van der Waals surface area contributed by atoms with Crippen molar-refractivity contribution in [1.82, 2.24) is 0 Å². The highest BCUT2D eigenvalue weighted by Crippen LogP contribution is 2.51. The number of Topliss-reactive ketones (excluding diaryl/α,β-unsaturated/α-hetero) is 1. The lowest BCUT2D eigenvalue weighted by atomic mass is 9.91. The van der Waals surface area contributed by atoms with Crippen LogP contribution < -0.4 is 0 Å². The molecule has 0 N–H and O–H groups in total. The maximum absolute atomic E-state index is 11.6. The molecule has 15 heavy (non-hydrogen) atoms. The molecule has 0 amide bonds. The summed E-state index contributed by atoms with van der Waals surface area (Å²) in [4.78, 5) is 11.6. The first kappa shape index (κ1) is 10.4. The molecule has 0 heterocycles. The Hall–Kier alpha value is -1.14. The van der Waals surface area contributed by atoms with E-state index in [9.17, 15) is 4.79 Å². The number of nitrogens with zero attached hydrogens (tertiary/aromatic N) is 1. The number of hydrogen-bond donors (Lipinski definition) is 0. The number of benzene rings is 1. The molecule has 0 unspecified atom stereocenters. The quantitative estimate of drug-likeness (QED) is 0.823. The van der Waals surface area contributed by atoms with Gasteiger partial charge >= 0.3 is 0 Å². The monoisotopic (exact) mass is 263 g/mol. The first-order valence-electron chi connectivity index (χ1n) is 4.81. The molecule has 2 rings (SSSR count). The van der Waals surface area contributed by atoms with Crippen molar-refractivity contribution in [2.45, 2.75) is 25.2 Å². The fraction of sp³-hybridized carbons (Fsp3) is 0.333. The smallest absolute Gasteiger partial charge is 0.140 e. The van der Waals surface area contributed by atoms with Crippen LogP contribution in [0, 0.1) is 11.3 Å². The molecule has 0 aromatic heterocycles. The van der Waals surface area contributed by atoms with Crippen LogP contribution in [0.3, 0.4) is 0 Å². The SMILES string of the molecule is CC(=O)C1(c2cc(C#N)ccc2Br)CC1. The molecule has 1 saturated carbocycles. The zero-order valence-electron chi connectivity index (χ0n) is 8.38. The van der Waals surface area contributed by atoms with Crippen molar-refractivity contribution in [1.29, 1.82) is 5.26 Å². The van der Waals surface area contributed by atoms with Gasteiger partial charge in [0, 0.05) is 4.47 Å². The van der Waals surface area contributed by atoms with Crippen LogP contribution in [0.5, 0.6) is 0 Å². The normalized spacial score (nSPS) is 16.9. The molecule has 2 nitrogen and oxygen atoms in total. The zero-order valence-corrected chi connectivity index (χ0v) is 9.97. The molecule has 0 spiro atoms. The molecule has 3 heteroatoms. The number of carbonyl (C=O) groups excluding carboxylic acids is 1. The third-order valence-electron chi connectivity index (χ3n) is 3.03. The van der Waals surface area contributed by atoms with Gasteiger partial charge in [0.2, 0.25) is 0 Å². The van der Waals surface area contributed by atoms with E-state index in [0.717, 1.165) is 22.9 Å².